The topological polar surface area (TPSA) is 58.1 Å². The molecule has 0 bridgehead atoms. The van der Waals surface area contributed by atoms with E-state index in [-0.39, 0.29) is 11.3 Å². The Kier molecular flexibility index (Phi) is 5.12. The number of aromatic nitrogens is 2. The molecule has 0 fully saturated rings. The molecule has 0 amide bonds. The fourth-order valence-corrected chi connectivity index (χ4v) is 2.32. The first-order chi connectivity index (χ1) is 12.5. The molecule has 0 aliphatic carbocycles. The molecule has 0 unspecified atom stereocenters. The Bertz CT molecular complexity index is 978. The van der Waals surface area contributed by atoms with Crippen molar-refractivity contribution in [3.63, 3.8) is 0 Å². The number of aromatic amines is 1. The number of ether oxygens (including phenoxy) is 1. The van der Waals surface area contributed by atoms with Gasteiger partial charge in [0.2, 0.25) is 0 Å². The summed E-state index contributed by atoms with van der Waals surface area (Å²) in [6, 6.07) is 10.2. The molecular formula is C20H16F2N2O2. The van der Waals surface area contributed by atoms with Gasteiger partial charge in [-0.15, -0.1) is 0 Å². The van der Waals surface area contributed by atoms with E-state index in [0.29, 0.717) is 17.1 Å². The number of rotatable bonds is 5. The first-order valence-electron chi connectivity index (χ1n) is 7.79. The van der Waals surface area contributed by atoms with Gasteiger partial charge in [0.1, 0.15) is 11.6 Å². The molecule has 3 aromatic rings. The number of hydrogen-bond acceptors (Lipinski definition) is 3. The van der Waals surface area contributed by atoms with Gasteiger partial charge in [0.15, 0.2) is 11.5 Å². The van der Waals surface area contributed by atoms with Crippen LogP contribution >= 0.6 is 0 Å². The van der Waals surface area contributed by atoms with Crippen molar-refractivity contribution in [2.75, 3.05) is 7.11 Å². The molecule has 26 heavy (non-hydrogen) atoms. The summed E-state index contributed by atoms with van der Waals surface area (Å²) in [5.41, 5.74) is 2.48. The summed E-state index contributed by atoms with van der Waals surface area (Å²) < 4.78 is 31.6. The van der Waals surface area contributed by atoms with Crippen molar-refractivity contribution in [1.82, 2.24) is 10.2 Å². The second kappa shape index (κ2) is 7.65. The van der Waals surface area contributed by atoms with Crippen LogP contribution in [0.4, 0.5) is 8.78 Å². The summed E-state index contributed by atoms with van der Waals surface area (Å²) in [6.45, 7) is 0. The van der Waals surface area contributed by atoms with E-state index >= 15 is 0 Å². The van der Waals surface area contributed by atoms with E-state index in [1.165, 1.54) is 19.2 Å². The predicted molar refractivity (Wildman–Crippen MR) is 97.5 cm³/mol. The van der Waals surface area contributed by atoms with Crippen molar-refractivity contribution in [1.29, 1.82) is 0 Å². The second-order valence-electron chi connectivity index (χ2n) is 5.51. The van der Waals surface area contributed by atoms with Crippen LogP contribution in [0.3, 0.4) is 0 Å². The molecule has 3 rings (SSSR count). The predicted octanol–water partition coefficient (Wildman–Crippen LogP) is 4.74. The lowest BCUT2D eigenvalue weighted by Gasteiger charge is -2.03. The Morgan fingerprint density at radius 2 is 1.85 bits per heavy atom. The molecule has 0 aliphatic rings. The number of benzene rings is 2. The number of aromatic hydroxyl groups is 1. The molecule has 2 aromatic carbocycles. The molecular weight excluding hydrogens is 338 g/mol. The lowest BCUT2D eigenvalue weighted by molar-refractivity contribution is 0.373. The quantitative estimate of drug-likeness (QED) is 0.696. The maximum Gasteiger partial charge on any atom is 0.161 e. The maximum absolute atomic E-state index is 13.6. The first-order valence-corrected chi connectivity index (χ1v) is 7.79. The van der Waals surface area contributed by atoms with Gasteiger partial charge >= 0.3 is 0 Å². The lowest BCUT2D eigenvalue weighted by Crippen LogP contribution is -1.84. The number of hydrogen-bond donors (Lipinski definition) is 2. The minimum Gasteiger partial charge on any atom is -0.504 e. The van der Waals surface area contributed by atoms with Crippen LogP contribution in [0.25, 0.3) is 24.3 Å². The summed E-state index contributed by atoms with van der Waals surface area (Å²) in [7, 11) is 1.48. The van der Waals surface area contributed by atoms with Gasteiger partial charge in [-0.2, -0.15) is 5.10 Å². The van der Waals surface area contributed by atoms with Crippen LogP contribution in [0.5, 0.6) is 11.5 Å². The molecule has 0 atom stereocenters. The molecule has 2 N–H and O–H groups in total. The van der Waals surface area contributed by atoms with E-state index in [4.69, 9.17) is 4.74 Å². The van der Waals surface area contributed by atoms with E-state index in [0.717, 1.165) is 11.6 Å². The number of nitrogens with zero attached hydrogens (tertiary/aromatic N) is 1. The van der Waals surface area contributed by atoms with Gasteiger partial charge in [0, 0.05) is 11.6 Å². The zero-order valence-electron chi connectivity index (χ0n) is 13.9. The highest BCUT2D eigenvalue weighted by atomic mass is 19.1. The van der Waals surface area contributed by atoms with Crippen molar-refractivity contribution >= 4 is 24.3 Å². The fourth-order valence-electron chi connectivity index (χ4n) is 2.32. The van der Waals surface area contributed by atoms with Crippen LogP contribution in [-0.4, -0.2) is 22.4 Å². The van der Waals surface area contributed by atoms with Crippen LogP contribution in [0.2, 0.25) is 0 Å². The van der Waals surface area contributed by atoms with Crippen LogP contribution in [0.15, 0.2) is 42.5 Å². The third kappa shape index (κ3) is 4.16. The SMILES string of the molecule is COc1cc(/C=C/c2cc(/C=C/c3ccc(F)cc3F)[nH]n2)ccc1O. The van der Waals surface area contributed by atoms with Gasteiger partial charge < -0.3 is 9.84 Å². The minimum atomic E-state index is -0.623. The molecule has 0 saturated carbocycles. The number of nitrogens with one attached hydrogen (secondary N) is 1. The molecule has 0 spiro atoms. The highest BCUT2D eigenvalue weighted by Crippen LogP contribution is 2.27. The monoisotopic (exact) mass is 354 g/mol. The smallest absolute Gasteiger partial charge is 0.161 e. The number of phenolic OH excluding ortho intramolecular Hbond substituents is 1. The van der Waals surface area contributed by atoms with Crippen molar-refractivity contribution in [2.24, 2.45) is 0 Å². The maximum atomic E-state index is 13.6. The minimum absolute atomic E-state index is 0.0740. The van der Waals surface area contributed by atoms with Crippen molar-refractivity contribution < 1.29 is 18.6 Å². The number of H-pyrrole nitrogens is 1. The molecule has 1 heterocycles. The summed E-state index contributed by atoms with van der Waals surface area (Å²) >= 11 is 0. The Morgan fingerprint density at radius 3 is 2.62 bits per heavy atom. The van der Waals surface area contributed by atoms with Crippen molar-refractivity contribution in [2.45, 2.75) is 0 Å². The third-order valence-electron chi connectivity index (χ3n) is 3.67. The molecule has 4 nitrogen and oxygen atoms in total. The van der Waals surface area contributed by atoms with E-state index in [2.05, 4.69) is 10.2 Å². The van der Waals surface area contributed by atoms with E-state index in [1.807, 2.05) is 6.08 Å². The van der Waals surface area contributed by atoms with Crippen LogP contribution in [0, 0.1) is 11.6 Å². The summed E-state index contributed by atoms with van der Waals surface area (Å²) in [6.07, 6.45) is 6.81. The number of phenols is 1. The standard InChI is InChI=1S/C20H16F2N2O2/c1-26-20-10-13(3-9-19(20)25)2-7-16-12-17(24-23-16)8-5-14-4-6-15(21)11-18(14)22/h2-12,25H,1H3,(H,23,24)/b7-2+,8-5+. The summed E-state index contributed by atoms with van der Waals surface area (Å²) in [5, 5.41) is 16.6. The van der Waals surface area contributed by atoms with Crippen LogP contribution < -0.4 is 4.74 Å². The average Bonchev–Trinajstić information content (AvgIpc) is 3.08. The van der Waals surface area contributed by atoms with Gasteiger partial charge in [0.25, 0.3) is 0 Å². The van der Waals surface area contributed by atoms with Crippen molar-refractivity contribution in [3.05, 3.63) is 76.6 Å². The second-order valence-corrected chi connectivity index (χ2v) is 5.51. The van der Waals surface area contributed by atoms with Gasteiger partial charge in [0.05, 0.1) is 18.5 Å². The Labute approximate surface area is 149 Å². The van der Waals surface area contributed by atoms with Gasteiger partial charge in [-0.05, 0) is 54.1 Å². The van der Waals surface area contributed by atoms with Gasteiger partial charge in [-0.25, -0.2) is 8.78 Å². The Balaban J connectivity index is 1.72. The normalized spacial score (nSPS) is 11.5. The van der Waals surface area contributed by atoms with Gasteiger partial charge in [-0.1, -0.05) is 12.1 Å². The van der Waals surface area contributed by atoms with E-state index in [9.17, 15) is 13.9 Å². The lowest BCUT2D eigenvalue weighted by atomic mass is 10.1. The summed E-state index contributed by atoms with van der Waals surface area (Å²) in [5.74, 6) is -0.773. The molecule has 132 valence electrons. The largest absolute Gasteiger partial charge is 0.504 e. The zero-order chi connectivity index (χ0) is 18.5. The van der Waals surface area contributed by atoms with Crippen molar-refractivity contribution in [3.8, 4) is 11.5 Å². The molecule has 1 aromatic heterocycles. The zero-order valence-corrected chi connectivity index (χ0v) is 13.9. The van der Waals surface area contributed by atoms with Crippen LogP contribution in [0.1, 0.15) is 22.5 Å². The molecule has 0 aliphatic heterocycles. The highest BCUT2D eigenvalue weighted by Gasteiger charge is 2.02. The van der Waals surface area contributed by atoms with E-state index < -0.39 is 11.6 Å². The average molecular weight is 354 g/mol. The number of methoxy groups -OCH3 is 1. The van der Waals surface area contributed by atoms with Gasteiger partial charge in [-0.3, -0.25) is 5.10 Å². The summed E-state index contributed by atoms with van der Waals surface area (Å²) in [4.78, 5) is 0. The molecule has 6 heteroatoms. The fraction of sp³-hybridized carbons (Fsp3) is 0.0500. The first kappa shape index (κ1) is 17.4. The molecule has 0 radical (unpaired) electrons. The molecule has 0 saturated heterocycles. The Hall–Kier alpha value is -3.41. The highest BCUT2D eigenvalue weighted by molar-refractivity contribution is 5.72. The Morgan fingerprint density at radius 1 is 1.00 bits per heavy atom. The number of halogens is 2. The van der Waals surface area contributed by atoms with Crippen LogP contribution in [-0.2, 0) is 0 Å². The third-order valence-corrected chi connectivity index (χ3v) is 3.67. The van der Waals surface area contributed by atoms with E-state index in [1.54, 1.807) is 42.5 Å².